The Bertz CT molecular complexity index is 824. The number of hydrogen-bond donors (Lipinski definition) is 1. The highest BCUT2D eigenvalue weighted by atomic mass is 16.6. The highest BCUT2D eigenvalue weighted by Crippen LogP contribution is 2.35. The van der Waals surface area contributed by atoms with Gasteiger partial charge >= 0.3 is 0 Å². The maximum absolute atomic E-state index is 11.4. The molecule has 0 fully saturated rings. The summed E-state index contributed by atoms with van der Waals surface area (Å²) in [5.74, 6) is 0.409. The first kappa shape index (κ1) is 15.1. The van der Waals surface area contributed by atoms with Crippen molar-refractivity contribution in [1.29, 1.82) is 0 Å². The van der Waals surface area contributed by atoms with Crippen LogP contribution in [-0.2, 0) is 0 Å². The predicted molar refractivity (Wildman–Crippen MR) is 89.6 cm³/mol. The second-order valence-corrected chi connectivity index (χ2v) is 5.57. The molecular formula is C18H18N2O3. The van der Waals surface area contributed by atoms with Gasteiger partial charge in [-0.1, -0.05) is 30.3 Å². The molecule has 2 unspecified atom stereocenters. The number of aromatic nitrogens is 1. The summed E-state index contributed by atoms with van der Waals surface area (Å²) < 4.78 is 5.18. The lowest BCUT2D eigenvalue weighted by Crippen LogP contribution is -2.25. The van der Waals surface area contributed by atoms with Crippen molar-refractivity contribution >= 4 is 10.9 Å². The molecule has 0 aliphatic rings. The fraction of sp³-hybridized carbons (Fsp3) is 0.222. The van der Waals surface area contributed by atoms with E-state index in [1.54, 1.807) is 14.0 Å². The van der Waals surface area contributed by atoms with Crippen LogP contribution in [0.3, 0.4) is 0 Å². The van der Waals surface area contributed by atoms with Crippen molar-refractivity contribution in [2.75, 3.05) is 7.11 Å². The minimum atomic E-state index is -0.734. The number of aromatic amines is 1. The van der Waals surface area contributed by atoms with Crippen LogP contribution in [0.4, 0.5) is 0 Å². The molecule has 5 nitrogen and oxygen atoms in total. The maximum Gasteiger partial charge on any atom is 0.221 e. The summed E-state index contributed by atoms with van der Waals surface area (Å²) in [5.41, 5.74) is 2.83. The summed E-state index contributed by atoms with van der Waals surface area (Å²) in [6, 6.07) is 14.6. The van der Waals surface area contributed by atoms with Crippen molar-refractivity contribution in [2.24, 2.45) is 0 Å². The molecule has 3 rings (SSSR count). The molecule has 118 valence electrons. The molecule has 1 heterocycles. The van der Waals surface area contributed by atoms with E-state index in [1.807, 2.05) is 54.7 Å². The topological polar surface area (TPSA) is 68.2 Å². The Balaban J connectivity index is 2.13. The number of hydrogen-bond acceptors (Lipinski definition) is 3. The van der Waals surface area contributed by atoms with Crippen molar-refractivity contribution < 1.29 is 9.66 Å². The van der Waals surface area contributed by atoms with Crippen LogP contribution in [0.1, 0.15) is 24.0 Å². The third-order valence-electron chi connectivity index (χ3n) is 4.25. The van der Waals surface area contributed by atoms with Gasteiger partial charge in [0.15, 0.2) is 0 Å². The van der Waals surface area contributed by atoms with Gasteiger partial charge in [-0.15, -0.1) is 0 Å². The lowest BCUT2D eigenvalue weighted by Gasteiger charge is -2.19. The molecule has 0 amide bonds. The van der Waals surface area contributed by atoms with Gasteiger partial charge in [-0.25, -0.2) is 0 Å². The number of fused-ring (bicyclic) bond motifs is 1. The van der Waals surface area contributed by atoms with Crippen LogP contribution in [-0.4, -0.2) is 23.1 Å². The number of H-pyrrole nitrogens is 1. The van der Waals surface area contributed by atoms with Crippen molar-refractivity contribution in [3.63, 3.8) is 0 Å². The van der Waals surface area contributed by atoms with Crippen molar-refractivity contribution in [2.45, 2.75) is 18.9 Å². The standard InChI is InChI=1S/C18H18N2O3/c1-12(20(21)22)18(13-7-9-14(23-2)10-8-13)16-11-19-17-6-4-3-5-15(16)17/h3-12,18-19H,1-2H3. The lowest BCUT2D eigenvalue weighted by molar-refractivity contribution is -0.520. The minimum Gasteiger partial charge on any atom is -0.497 e. The zero-order valence-corrected chi connectivity index (χ0v) is 13.0. The number of nitrogens with one attached hydrogen (secondary N) is 1. The van der Waals surface area contributed by atoms with Crippen LogP contribution in [0.5, 0.6) is 5.75 Å². The van der Waals surface area contributed by atoms with Gasteiger partial charge in [0.1, 0.15) is 5.75 Å². The van der Waals surface area contributed by atoms with E-state index >= 15 is 0 Å². The van der Waals surface area contributed by atoms with Gasteiger partial charge in [-0.05, 0) is 29.3 Å². The molecule has 3 aromatic rings. The molecule has 0 saturated heterocycles. The monoisotopic (exact) mass is 310 g/mol. The normalized spacial score (nSPS) is 13.7. The van der Waals surface area contributed by atoms with Gasteiger partial charge in [-0.2, -0.15) is 0 Å². The first-order valence-electron chi connectivity index (χ1n) is 7.45. The average Bonchev–Trinajstić information content (AvgIpc) is 2.99. The van der Waals surface area contributed by atoms with Gasteiger partial charge in [0.25, 0.3) is 0 Å². The predicted octanol–water partition coefficient (Wildman–Crippen LogP) is 3.97. The molecular weight excluding hydrogens is 292 g/mol. The van der Waals surface area contributed by atoms with E-state index in [1.165, 1.54) is 0 Å². The number of methoxy groups -OCH3 is 1. The molecule has 0 aliphatic carbocycles. The van der Waals surface area contributed by atoms with Gasteiger partial charge < -0.3 is 9.72 Å². The number of nitrogens with zero attached hydrogens (tertiary/aromatic N) is 1. The summed E-state index contributed by atoms with van der Waals surface area (Å²) in [5, 5.41) is 12.5. The van der Waals surface area contributed by atoms with E-state index < -0.39 is 6.04 Å². The number of nitro groups is 1. The smallest absolute Gasteiger partial charge is 0.221 e. The second kappa shape index (κ2) is 6.12. The average molecular weight is 310 g/mol. The van der Waals surface area contributed by atoms with Crippen LogP contribution < -0.4 is 4.74 Å². The maximum atomic E-state index is 11.4. The first-order valence-corrected chi connectivity index (χ1v) is 7.45. The van der Waals surface area contributed by atoms with E-state index in [9.17, 15) is 10.1 Å². The highest BCUT2D eigenvalue weighted by Gasteiger charge is 2.31. The Morgan fingerprint density at radius 1 is 1.13 bits per heavy atom. The Morgan fingerprint density at radius 3 is 2.48 bits per heavy atom. The fourth-order valence-electron chi connectivity index (χ4n) is 3.00. The van der Waals surface area contributed by atoms with E-state index in [4.69, 9.17) is 4.74 Å². The summed E-state index contributed by atoms with van der Waals surface area (Å²) >= 11 is 0. The molecule has 0 radical (unpaired) electrons. The van der Waals surface area contributed by atoms with Gasteiger partial charge in [0, 0.05) is 28.9 Å². The Kier molecular flexibility index (Phi) is 4.02. The number of para-hydroxylation sites is 1. The molecule has 0 spiro atoms. The van der Waals surface area contributed by atoms with Crippen LogP contribution in [0.25, 0.3) is 10.9 Å². The van der Waals surface area contributed by atoms with Crippen molar-refractivity contribution in [1.82, 2.24) is 4.98 Å². The third kappa shape index (κ3) is 2.77. The fourth-order valence-corrected chi connectivity index (χ4v) is 3.00. The Labute approximate surface area is 134 Å². The molecule has 0 aliphatic heterocycles. The van der Waals surface area contributed by atoms with E-state index in [-0.39, 0.29) is 10.8 Å². The second-order valence-electron chi connectivity index (χ2n) is 5.57. The van der Waals surface area contributed by atoms with Gasteiger partial charge in [-0.3, -0.25) is 10.1 Å². The van der Waals surface area contributed by atoms with E-state index in [2.05, 4.69) is 4.98 Å². The molecule has 1 N–H and O–H groups in total. The summed E-state index contributed by atoms with van der Waals surface area (Å²) in [4.78, 5) is 14.4. The van der Waals surface area contributed by atoms with Crippen molar-refractivity contribution in [3.8, 4) is 5.75 Å². The zero-order chi connectivity index (χ0) is 16.4. The SMILES string of the molecule is COc1ccc(C(c2c[nH]c3ccccc23)C(C)[N+](=O)[O-])cc1. The molecule has 0 bridgehead atoms. The molecule has 0 saturated carbocycles. The molecule has 5 heteroatoms. The summed E-state index contributed by atoms with van der Waals surface area (Å²) in [7, 11) is 1.60. The van der Waals surface area contributed by atoms with Crippen LogP contribution in [0.15, 0.2) is 54.7 Å². The Hall–Kier alpha value is -2.82. The number of benzene rings is 2. The summed E-state index contributed by atoms with van der Waals surface area (Å²) in [6.07, 6.45) is 1.87. The largest absolute Gasteiger partial charge is 0.497 e. The van der Waals surface area contributed by atoms with Crippen LogP contribution >= 0.6 is 0 Å². The minimum absolute atomic E-state index is 0.226. The van der Waals surface area contributed by atoms with Crippen LogP contribution in [0, 0.1) is 10.1 Å². The van der Waals surface area contributed by atoms with Gasteiger partial charge in [0.05, 0.1) is 13.0 Å². The number of ether oxygens (including phenoxy) is 1. The molecule has 2 atom stereocenters. The zero-order valence-electron chi connectivity index (χ0n) is 13.0. The quantitative estimate of drug-likeness (QED) is 0.572. The summed E-state index contributed by atoms with van der Waals surface area (Å²) in [6.45, 7) is 1.65. The van der Waals surface area contributed by atoms with Crippen LogP contribution in [0.2, 0.25) is 0 Å². The third-order valence-corrected chi connectivity index (χ3v) is 4.25. The lowest BCUT2D eigenvalue weighted by atomic mass is 9.86. The van der Waals surface area contributed by atoms with Crippen molar-refractivity contribution in [3.05, 3.63) is 76.0 Å². The number of rotatable bonds is 5. The Morgan fingerprint density at radius 2 is 1.83 bits per heavy atom. The molecule has 1 aromatic heterocycles. The molecule has 23 heavy (non-hydrogen) atoms. The van der Waals surface area contributed by atoms with Gasteiger partial charge in [0.2, 0.25) is 6.04 Å². The first-order chi connectivity index (χ1) is 11.1. The van der Waals surface area contributed by atoms with E-state index in [0.717, 1.165) is 27.8 Å². The molecule has 2 aromatic carbocycles. The van der Waals surface area contributed by atoms with E-state index in [0.29, 0.717) is 0 Å². The highest BCUT2D eigenvalue weighted by molar-refractivity contribution is 5.84.